The van der Waals surface area contributed by atoms with Crippen LogP contribution in [0.15, 0.2) is 30.6 Å². The van der Waals surface area contributed by atoms with E-state index in [0.29, 0.717) is 17.3 Å². The van der Waals surface area contributed by atoms with Crippen molar-refractivity contribution in [2.75, 3.05) is 5.73 Å². The van der Waals surface area contributed by atoms with Gasteiger partial charge >= 0.3 is 0 Å². The first kappa shape index (κ1) is 17.4. The maximum atomic E-state index is 5.93. The van der Waals surface area contributed by atoms with Crippen molar-refractivity contribution in [2.45, 2.75) is 26.2 Å². The molecule has 1 atom stereocenters. The van der Waals surface area contributed by atoms with Crippen molar-refractivity contribution in [3.8, 4) is 12.8 Å². The van der Waals surface area contributed by atoms with Crippen LogP contribution in [0.1, 0.15) is 31.7 Å². The number of anilines is 1. The second-order valence-corrected chi connectivity index (χ2v) is 6.30. The van der Waals surface area contributed by atoms with Gasteiger partial charge in [-0.1, -0.05) is 37.0 Å². The van der Waals surface area contributed by atoms with Gasteiger partial charge in [0.1, 0.15) is 0 Å². The Morgan fingerprint density at radius 2 is 1.76 bits per heavy atom. The number of aromatic amines is 1. The lowest BCUT2D eigenvalue weighted by molar-refractivity contribution is 0.622. The standard InChI is InChI=1S/C11H12Cl2.C3H5N3.C2H2/c1-11(2)6-10(11)7-3-8(12)5-9(13)4-7;4-3-5-1-2-6-3;1-2/h3-5,10H,6H2,1-2H3;1-2H,(H3,4,5,6);1-2H/t10-;;/m0../s1. The third-order valence-corrected chi connectivity index (χ3v) is 3.76. The summed E-state index contributed by atoms with van der Waals surface area (Å²) in [6, 6.07) is 5.82. The number of aromatic nitrogens is 2. The molecule has 0 radical (unpaired) electrons. The number of rotatable bonds is 1. The molecule has 0 amide bonds. The van der Waals surface area contributed by atoms with Crippen molar-refractivity contribution in [3.63, 3.8) is 0 Å². The monoisotopic (exact) mass is 323 g/mol. The van der Waals surface area contributed by atoms with E-state index in [2.05, 4.69) is 36.7 Å². The van der Waals surface area contributed by atoms with Crippen LogP contribution in [-0.2, 0) is 0 Å². The van der Waals surface area contributed by atoms with Crippen LogP contribution in [-0.4, -0.2) is 9.97 Å². The number of nitrogens with one attached hydrogen (secondary N) is 1. The summed E-state index contributed by atoms with van der Waals surface area (Å²) in [5.41, 5.74) is 6.83. The largest absolute Gasteiger partial charge is 0.369 e. The summed E-state index contributed by atoms with van der Waals surface area (Å²) in [6.07, 6.45) is 12.5. The highest BCUT2D eigenvalue weighted by Gasteiger charge is 2.46. The molecular weight excluding hydrogens is 305 g/mol. The van der Waals surface area contributed by atoms with Gasteiger partial charge in [-0.3, -0.25) is 0 Å². The number of benzene rings is 1. The number of terminal acetylenes is 1. The van der Waals surface area contributed by atoms with E-state index in [1.807, 2.05) is 12.1 Å². The minimum absolute atomic E-state index is 0.439. The third-order valence-electron chi connectivity index (χ3n) is 3.32. The van der Waals surface area contributed by atoms with Crippen LogP contribution in [0.5, 0.6) is 0 Å². The Balaban J connectivity index is 0.000000231. The summed E-state index contributed by atoms with van der Waals surface area (Å²) in [7, 11) is 0. The SMILES string of the molecule is C#C.CC1(C)C[C@H]1c1cc(Cl)cc(Cl)c1.Nc1ncc[nH]1. The molecule has 2 aromatic rings. The fourth-order valence-electron chi connectivity index (χ4n) is 2.09. The van der Waals surface area contributed by atoms with Crippen LogP contribution in [0.4, 0.5) is 5.95 Å². The van der Waals surface area contributed by atoms with Crippen LogP contribution in [0.25, 0.3) is 0 Å². The number of nitrogen functional groups attached to an aromatic ring is 1. The van der Waals surface area contributed by atoms with Crippen molar-refractivity contribution < 1.29 is 0 Å². The highest BCUT2D eigenvalue weighted by molar-refractivity contribution is 6.34. The zero-order valence-corrected chi connectivity index (χ0v) is 13.6. The molecule has 1 saturated carbocycles. The molecule has 1 aliphatic rings. The first-order valence-corrected chi connectivity index (χ1v) is 7.18. The van der Waals surface area contributed by atoms with E-state index in [1.165, 1.54) is 12.0 Å². The summed E-state index contributed by atoms with van der Waals surface area (Å²) in [5.74, 6) is 1.11. The van der Waals surface area contributed by atoms with E-state index in [0.717, 1.165) is 10.0 Å². The van der Waals surface area contributed by atoms with Crippen molar-refractivity contribution in [1.29, 1.82) is 0 Å². The van der Waals surface area contributed by atoms with Crippen LogP contribution >= 0.6 is 23.2 Å². The molecule has 5 heteroatoms. The maximum Gasteiger partial charge on any atom is 0.197 e. The summed E-state index contributed by atoms with van der Waals surface area (Å²) in [6.45, 7) is 4.54. The Bertz CT molecular complexity index is 569. The van der Waals surface area contributed by atoms with Crippen LogP contribution in [0, 0.1) is 18.3 Å². The first-order chi connectivity index (χ1) is 9.88. The summed E-state index contributed by atoms with van der Waals surface area (Å²) in [5, 5.41) is 1.48. The lowest BCUT2D eigenvalue weighted by Gasteiger charge is -2.04. The third kappa shape index (κ3) is 5.34. The molecule has 0 unspecified atom stereocenters. The molecule has 0 spiro atoms. The average Bonchev–Trinajstić information content (AvgIpc) is 2.82. The van der Waals surface area contributed by atoms with Crippen molar-refractivity contribution in [2.24, 2.45) is 5.41 Å². The molecule has 1 aromatic carbocycles. The Hall–Kier alpha value is -1.63. The van der Waals surface area contributed by atoms with Gasteiger partial charge in [0.15, 0.2) is 5.95 Å². The van der Waals surface area contributed by atoms with Crippen LogP contribution in [0.2, 0.25) is 10.0 Å². The number of halogens is 2. The van der Waals surface area contributed by atoms with E-state index >= 15 is 0 Å². The number of H-pyrrole nitrogens is 1. The number of imidazole rings is 1. The zero-order valence-electron chi connectivity index (χ0n) is 12.1. The van der Waals surface area contributed by atoms with Gasteiger partial charge in [-0.05, 0) is 41.5 Å². The second-order valence-electron chi connectivity index (χ2n) is 5.42. The van der Waals surface area contributed by atoms with Gasteiger partial charge in [0.2, 0.25) is 0 Å². The Morgan fingerprint density at radius 3 is 2.05 bits per heavy atom. The van der Waals surface area contributed by atoms with Crippen LogP contribution in [0.3, 0.4) is 0 Å². The van der Waals surface area contributed by atoms with E-state index < -0.39 is 0 Å². The van der Waals surface area contributed by atoms with E-state index in [-0.39, 0.29) is 0 Å². The molecule has 1 aromatic heterocycles. The number of nitrogens with zero attached hydrogens (tertiary/aromatic N) is 1. The molecule has 1 heterocycles. The average molecular weight is 324 g/mol. The number of hydrogen-bond donors (Lipinski definition) is 2. The maximum absolute atomic E-state index is 5.93. The molecule has 3 rings (SSSR count). The highest BCUT2D eigenvalue weighted by Crippen LogP contribution is 2.58. The van der Waals surface area contributed by atoms with Gasteiger partial charge in [-0.15, -0.1) is 12.8 Å². The number of hydrogen-bond acceptors (Lipinski definition) is 2. The normalized spacial score (nSPS) is 17.7. The lowest BCUT2D eigenvalue weighted by atomic mass is 10.0. The fraction of sp³-hybridized carbons (Fsp3) is 0.312. The molecule has 112 valence electrons. The van der Waals surface area contributed by atoms with Gasteiger partial charge < -0.3 is 10.7 Å². The van der Waals surface area contributed by atoms with Crippen LogP contribution < -0.4 is 5.73 Å². The number of nitrogens with two attached hydrogens (primary N) is 1. The Labute approximate surface area is 135 Å². The van der Waals surface area contributed by atoms with Gasteiger partial charge in [0.05, 0.1) is 0 Å². The molecule has 1 aliphatic carbocycles. The van der Waals surface area contributed by atoms with Gasteiger partial charge in [0, 0.05) is 22.4 Å². The molecule has 0 saturated heterocycles. The lowest BCUT2D eigenvalue weighted by Crippen LogP contribution is -1.89. The topological polar surface area (TPSA) is 54.7 Å². The molecule has 0 bridgehead atoms. The predicted molar refractivity (Wildman–Crippen MR) is 90.5 cm³/mol. The highest BCUT2D eigenvalue weighted by atomic mass is 35.5. The quantitative estimate of drug-likeness (QED) is 0.744. The van der Waals surface area contributed by atoms with Crippen molar-refractivity contribution >= 4 is 29.2 Å². The van der Waals surface area contributed by atoms with Crippen molar-refractivity contribution in [1.82, 2.24) is 9.97 Å². The minimum Gasteiger partial charge on any atom is -0.369 e. The smallest absolute Gasteiger partial charge is 0.197 e. The molecule has 0 aliphatic heterocycles. The predicted octanol–water partition coefficient (Wildman–Crippen LogP) is 4.75. The molecule has 1 fully saturated rings. The van der Waals surface area contributed by atoms with Gasteiger partial charge in [-0.25, -0.2) is 4.98 Å². The zero-order chi connectivity index (χ0) is 16.0. The first-order valence-electron chi connectivity index (χ1n) is 6.42. The molecule has 21 heavy (non-hydrogen) atoms. The van der Waals surface area contributed by atoms with Crippen molar-refractivity contribution in [3.05, 3.63) is 46.2 Å². The van der Waals surface area contributed by atoms with E-state index in [9.17, 15) is 0 Å². The fourth-order valence-corrected chi connectivity index (χ4v) is 2.63. The summed E-state index contributed by atoms with van der Waals surface area (Å²) >= 11 is 11.9. The molecule has 3 nitrogen and oxygen atoms in total. The Morgan fingerprint density at radius 1 is 1.24 bits per heavy atom. The molecule has 3 N–H and O–H groups in total. The van der Waals surface area contributed by atoms with Gasteiger partial charge in [0.25, 0.3) is 0 Å². The second kappa shape index (κ2) is 7.40. The van der Waals surface area contributed by atoms with E-state index in [4.69, 9.17) is 28.9 Å². The molecular formula is C16H19Cl2N3. The van der Waals surface area contributed by atoms with E-state index in [1.54, 1.807) is 18.5 Å². The van der Waals surface area contributed by atoms with Gasteiger partial charge in [-0.2, -0.15) is 0 Å². The summed E-state index contributed by atoms with van der Waals surface area (Å²) < 4.78 is 0. The Kier molecular flexibility index (Phi) is 6.14. The minimum atomic E-state index is 0.439. The summed E-state index contributed by atoms with van der Waals surface area (Å²) in [4.78, 5) is 6.31.